The van der Waals surface area contributed by atoms with Gasteiger partial charge in [-0.1, -0.05) is 35.5 Å². The van der Waals surface area contributed by atoms with Crippen LogP contribution in [0.4, 0.5) is 10.2 Å². The lowest BCUT2D eigenvalue weighted by atomic mass is 10.2. The smallest absolute Gasteiger partial charge is 0.235 e. The number of aromatic nitrogens is 2. The first-order valence-electron chi connectivity index (χ1n) is 8.77. The Kier molecular flexibility index (Phi) is 5.16. The van der Waals surface area contributed by atoms with Crippen molar-refractivity contribution in [3.63, 3.8) is 0 Å². The van der Waals surface area contributed by atoms with E-state index in [9.17, 15) is 9.18 Å². The molecule has 2 aromatic carbocycles. The Labute approximate surface area is 165 Å². The van der Waals surface area contributed by atoms with E-state index in [-0.39, 0.29) is 17.5 Å². The highest BCUT2D eigenvalue weighted by atomic mass is 32.2. The van der Waals surface area contributed by atoms with Crippen molar-refractivity contribution in [3.05, 3.63) is 77.9 Å². The maximum Gasteiger partial charge on any atom is 0.235 e. The Morgan fingerprint density at radius 3 is 2.86 bits per heavy atom. The van der Waals surface area contributed by atoms with E-state index in [0.29, 0.717) is 18.1 Å². The highest BCUT2D eigenvalue weighted by Gasteiger charge is 2.12. The summed E-state index contributed by atoms with van der Waals surface area (Å²) in [5.74, 6) is 0.906. The lowest BCUT2D eigenvalue weighted by Gasteiger charge is -2.05. The summed E-state index contributed by atoms with van der Waals surface area (Å²) in [4.78, 5) is 13.2. The van der Waals surface area contributed by atoms with Gasteiger partial charge in [0.25, 0.3) is 0 Å². The number of thioether (sulfide) groups is 1. The number of carbonyl (C=O) groups is 1. The third kappa shape index (κ3) is 4.09. The van der Waals surface area contributed by atoms with Gasteiger partial charge in [-0.3, -0.25) is 4.79 Å². The van der Waals surface area contributed by atoms with Crippen LogP contribution in [0.1, 0.15) is 11.3 Å². The van der Waals surface area contributed by atoms with Crippen LogP contribution in [0.5, 0.6) is 0 Å². The molecule has 2 aromatic heterocycles. The number of hydrogen-bond acceptors (Lipinski definition) is 4. The van der Waals surface area contributed by atoms with Gasteiger partial charge < -0.3 is 14.4 Å². The van der Waals surface area contributed by atoms with Crippen LogP contribution in [0.25, 0.3) is 10.9 Å². The number of hydrogen-bond donors (Lipinski definition) is 1. The van der Waals surface area contributed by atoms with E-state index in [0.717, 1.165) is 21.4 Å². The number of amides is 1. The standard InChI is InChI=1S/C21H18FN3O2S/c1-14-9-20(24-27-14)23-21(26)13-28-19-12-25(18-8-3-2-7-17(18)19)11-15-5-4-6-16(22)10-15/h2-10,12H,11,13H2,1H3,(H,23,24,26). The molecule has 142 valence electrons. The summed E-state index contributed by atoms with van der Waals surface area (Å²) in [6.07, 6.45) is 2.01. The molecule has 0 aliphatic rings. The van der Waals surface area contributed by atoms with Crippen molar-refractivity contribution in [3.8, 4) is 0 Å². The number of nitrogens with one attached hydrogen (secondary N) is 1. The largest absolute Gasteiger partial charge is 0.360 e. The zero-order valence-corrected chi connectivity index (χ0v) is 16.0. The zero-order chi connectivity index (χ0) is 19.5. The second-order valence-corrected chi connectivity index (χ2v) is 7.45. The molecule has 0 radical (unpaired) electrons. The van der Waals surface area contributed by atoms with Gasteiger partial charge >= 0.3 is 0 Å². The molecule has 5 nitrogen and oxygen atoms in total. The van der Waals surface area contributed by atoms with Gasteiger partial charge in [-0.2, -0.15) is 0 Å². The van der Waals surface area contributed by atoms with Crippen LogP contribution in [0.3, 0.4) is 0 Å². The summed E-state index contributed by atoms with van der Waals surface area (Å²) in [5.41, 5.74) is 1.93. The molecule has 0 fully saturated rings. The van der Waals surface area contributed by atoms with E-state index in [1.54, 1.807) is 19.1 Å². The molecule has 7 heteroatoms. The van der Waals surface area contributed by atoms with Gasteiger partial charge in [0.2, 0.25) is 5.91 Å². The van der Waals surface area contributed by atoms with Crippen LogP contribution < -0.4 is 5.32 Å². The van der Waals surface area contributed by atoms with Gasteiger partial charge in [0.15, 0.2) is 5.82 Å². The molecular weight excluding hydrogens is 377 g/mol. The number of para-hydroxylation sites is 1. The van der Waals surface area contributed by atoms with Gasteiger partial charge in [-0.15, -0.1) is 11.8 Å². The normalized spacial score (nSPS) is 11.1. The highest BCUT2D eigenvalue weighted by molar-refractivity contribution is 8.00. The first-order valence-corrected chi connectivity index (χ1v) is 9.75. The molecule has 0 aliphatic carbocycles. The number of nitrogens with zero attached hydrogens (tertiary/aromatic N) is 2. The van der Waals surface area contributed by atoms with E-state index in [2.05, 4.69) is 15.0 Å². The summed E-state index contributed by atoms with van der Waals surface area (Å²) in [7, 11) is 0. The Morgan fingerprint density at radius 2 is 2.07 bits per heavy atom. The van der Waals surface area contributed by atoms with Crippen molar-refractivity contribution in [1.82, 2.24) is 9.72 Å². The summed E-state index contributed by atoms with van der Waals surface area (Å²) in [6.45, 7) is 2.33. The molecule has 28 heavy (non-hydrogen) atoms. The Balaban J connectivity index is 1.51. The van der Waals surface area contributed by atoms with E-state index in [4.69, 9.17) is 4.52 Å². The minimum Gasteiger partial charge on any atom is -0.360 e. The number of halogens is 1. The summed E-state index contributed by atoms with van der Waals surface area (Å²) in [6, 6.07) is 16.3. The van der Waals surface area contributed by atoms with Crippen molar-refractivity contribution in [2.24, 2.45) is 0 Å². The van der Waals surface area contributed by atoms with Gasteiger partial charge in [0.1, 0.15) is 11.6 Å². The molecule has 1 N–H and O–H groups in total. The van der Waals surface area contributed by atoms with Crippen LogP contribution >= 0.6 is 11.8 Å². The summed E-state index contributed by atoms with van der Waals surface area (Å²) < 4.78 is 20.5. The van der Waals surface area contributed by atoms with Gasteiger partial charge in [-0.05, 0) is 30.7 Å². The molecule has 4 aromatic rings. The van der Waals surface area contributed by atoms with Crippen molar-refractivity contribution < 1.29 is 13.7 Å². The molecule has 0 atom stereocenters. The maximum absolute atomic E-state index is 13.5. The number of aryl methyl sites for hydroxylation is 1. The number of carbonyl (C=O) groups excluding carboxylic acids is 1. The third-order valence-electron chi connectivity index (χ3n) is 4.25. The second kappa shape index (κ2) is 7.90. The second-order valence-electron chi connectivity index (χ2n) is 6.43. The van der Waals surface area contributed by atoms with Crippen molar-refractivity contribution in [2.45, 2.75) is 18.4 Å². The maximum atomic E-state index is 13.5. The minimum absolute atomic E-state index is 0.153. The van der Waals surface area contributed by atoms with Crippen LogP contribution in [0.15, 0.2) is 70.2 Å². The number of anilines is 1. The molecule has 0 bridgehead atoms. The van der Waals surface area contributed by atoms with Crippen LogP contribution in [-0.2, 0) is 11.3 Å². The van der Waals surface area contributed by atoms with Crippen molar-refractivity contribution in [1.29, 1.82) is 0 Å². The Hall–Kier alpha value is -3.06. The lowest BCUT2D eigenvalue weighted by molar-refractivity contribution is -0.113. The number of fused-ring (bicyclic) bond motifs is 1. The third-order valence-corrected chi connectivity index (χ3v) is 5.29. The fraction of sp³-hybridized carbons (Fsp3) is 0.143. The molecule has 0 aliphatic heterocycles. The average Bonchev–Trinajstić information content (AvgIpc) is 3.24. The first-order chi connectivity index (χ1) is 13.6. The fourth-order valence-corrected chi connectivity index (χ4v) is 3.93. The minimum atomic E-state index is -0.247. The zero-order valence-electron chi connectivity index (χ0n) is 15.2. The average molecular weight is 395 g/mol. The first kappa shape index (κ1) is 18.3. The van der Waals surface area contributed by atoms with Gasteiger partial charge in [0.05, 0.1) is 5.75 Å². The Morgan fingerprint density at radius 1 is 1.21 bits per heavy atom. The molecule has 2 heterocycles. The molecule has 1 amide bonds. The predicted molar refractivity (Wildman–Crippen MR) is 108 cm³/mol. The van der Waals surface area contributed by atoms with E-state index in [1.807, 2.05) is 36.5 Å². The summed E-state index contributed by atoms with van der Waals surface area (Å²) >= 11 is 1.45. The van der Waals surface area contributed by atoms with Crippen LogP contribution in [0, 0.1) is 12.7 Å². The SMILES string of the molecule is Cc1cc(NC(=O)CSc2cn(Cc3cccc(F)c3)c3ccccc23)no1. The molecule has 0 saturated heterocycles. The van der Waals surface area contributed by atoms with Crippen molar-refractivity contribution >= 4 is 34.4 Å². The van der Waals surface area contributed by atoms with E-state index in [1.165, 1.54) is 23.9 Å². The lowest BCUT2D eigenvalue weighted by Crippen LogP contribution is -2.14. The van der Waals surface area contributed by atoms with E-state index < -0.39 is 0 Å². The Bertz CT molecular complexity index is 1140. The topological polar surface area (TPSA) is 60.1 Å². The molecule has 0 unspecified atom stereocenters. The summed E-state index contributed by atoms with van der Waals surface area (Å²) in [5, 5.41) is 7.55. The molecule has 0 spiro atoms. The monoisotopic (exact) mass is 395 g/mol. The quantitative estimate of drug-likeness (QED) is 0.474. The van der Waals surface area contributed by atoms with Gasteiger partial charge in [0, 0.05) is 34.6 Å². The number of rotatable bonds is 6. The molecular formula is C21H18FN3O2S. The van der Waals surface area contributed by atoms with Gasteiger partial charge in [-0.25, -0.2) is 4.39 Å². The van der Waals surface area contributed by atoms with Crippen molar-refractivity contribution in [2.75, 3.05) is 11.1 Å². The molecule has 4 rings (SSSR count). The highest BCUT2D eigenvalue weighted by Crippen LogP contribution is 2.30. The number of benzene rings is 2. The van der Waals surface area contributed by atoms with E-state index >= 15 is 0 Å². The fourth-order valence-electron chi connectivity index (χ4n) is 3.04. The van der Waals surface area contributed by atoms with Crippen LogP contribution in [-0.4, -0.2) is 21.4 Å². The van der Waals surface area contributed by atoms with Crippen LogP contribution in [0.2, 0.25) is 0 Å². The predicted octanol–water partition coefficient (Wildman–Crippen LogP) is 4.86. The molecule has 0 saturated carbocycles.